The highest BCUT2D eigenvalue weighted by molar-refractivity contribution is 5.92. The summed E-state index contributed by atoms with van der Waals surface area (Å²) in [5.74, 6) is -1.65. The van der Waals surface area contributed by atoms with Crippen LogP contribution < -0.4 is 5.56 Å². The molecule has 0 spiro atoms. The van der Waals surface area contributed by atoms with Crippen LogP contribution >= 0.6 is 0 Å². The molecule has 0 bridgehead atoms. The maximum absolute atomic E-state index is 13.1. The summed E-state index contributed by atoms with van der Waals surface area (Å²) in [4.78, 5) is 23.4. The van der Waals surface area contributed by atoms with Crippen molar-refractivity contribution >= 4 is 16.7 Å². The van der Waals surface area contributed by atoms with Gasteiger partial charge in [0.25, 0.3) is 5.56 Å². The summed E-state index contributed by atoms with van der Waals surface area (Å²) in [6.07, 6.45) is 1.62. The van der Waals surface area contributed by atoms with Crippen molar-refractivity contribution in [3.63, 3.8) is 0 Å². The maximum Gasteiger partial charge on any atom is 0.352 e. The SMILES string of the molecule is O=C(O)c1cc2cc(F)ccc2c(=O)n1C1CC1. The summed E-state index contributed by atoms with van der Waals surface area (Å²) in [5.41, 5.74) is -0.423. The van der Waals surface area contributed by atoms with E-state index in [0.29, 0.717) is 10.8 Å². The lowest BCUT2D eigenvalue weighted by atomic mass is 10.1. The maximum atomic E-state index is 13.1. The Kier molecular flexibility index (Phi) is 2.23. The monoisotopic (exact) mass is 247 g/mol. The first kappa shape index (κ1) is 11.0. The Morgan fingerprint density at radius 2 is 2.06 bits per heavy atom. The Morgan fingerprint density at radius 3 is 2.67 bits per heavy atom. The smallest absolute Gasteiger partial charge is 0.352 e. The summed E-state index contributed by atoms with van der Waals surface area (Å²) in [7, 11) is 0. The second kappa shape index (κ2) is 3.66. The fraction of sp³-hybridized carbons (Fsp3) is 0.231. The molecule has 0 unspecified atom stereocenters. The molecule has 5 heteroatoms. The van der Waals surface area contributed by atoms with Gasteiger partial charge in [0, 0.05) is 11.4 Å². The number of nitrogens with zero attached hydrogens (tertiary/aromatic N) is 1. The predicted octanol–water partition coefficient (Wildman–Crippen LogP) is 2.17. The van der Waals surface area contributed by atoms with Crippen LogP contribution in [0.25, 0.3) is 10.8 Å². The van der Waals surface area contributed by atoms with Crippen molar-refractivity contribution in [2.75, 3.05) is 0 Å². The number of halogens is 1. The van der Waals surface area contributed by atoms with Gasteiger partial charge in [-0.25, -0.2) is 9.18 Å². The lowest BCUT2D eigenvalue weighted by molar-refractivity contribution is 0.0683. The summed E-state index contributed by atoms with van der Waals surface area (Å²) in [5, 5.41) is 9.83. The molecule has 1 heterocycles. The molecule has 0 saturated heterocycles. The zero-order valence-electron chi connectivity index (χ0n) is 9.39. The van der Waals surface area contributed by atoms with Gasteiger partial charge in [-0.1, -0.05) is 0 Å². The van der Waals surface area contributed by atoms with Crippen LogP contribution in [0.1, 0.15) is 29.4 Å². The number of aromatic nitrogens is 1. The lowest BCUT2D eigenvalue weighted by Crippen LogP contribution is -2.25. The van der Waals surface area contributed by atoms with Crippen molar-refractivity contribution in [2.24, 2.45) is 0 Å². The van der Waals surface area contributed by atoms with Crippen LogP contribution in [0.3, 0.4) is 0 Å². The zero-order valence-corrected chi connectivity index (χ0v) is 9.39. The molecule has 0 aliphatic heterocycles. The van der Waals surface area contributed by atoms with Crippen molar-refractivity contribution in [2.45, 2.75) is 18.9 Å². The van der Waals surface area contributed by atoms with E-state index in [0.717, 1.165) is 12.8 Å². The van der Waals surface area contributed by atoms with E-state index in [9.17, 15) is 14.0 Å². The lowest BCUT2D eigenvalue weighted by Gasteiger charge is -2.10. The van der Waals surface area contributed by atoms with Crippen molar-refractivity contribution in [1.82, 2.24) is 4.57 Å². The highest BCUT2D eigenvalue weighted by atomic mass is 19.1. The average Bonchev–Trinajstić information content (AvgIpc) is 3.12. The van der Waals surface area contributed by atoms with E-state index in [1.165, 1.54) is 28.8 Å². The minimum absolute atomic E-state index is 0.0296. The first-order valence-corrected chi connectivity index (χ1v) is 5.66. The van der Waals surface area contributed by atoms with Gasteiger partial charge in [0.1, 0.15) is 11.5 Å². The summed E-state index contributed by atoms with van der Waals surface area (Å²) < 4.78 is 14.4. The van der Waals surface area contributed by atoms with E-state index in [1.807, 2.05) is 0 Å². The number of aromatic carboxylic acids is 1. The Labute approximate surface area is 101 Å². The molecule has 0 amide bonds. The van der Waals surface area contributed by atoms with E-state index >= 15 is 0 Å². The third-order valence-electron chi connectivity index (χ3n) is 3.15. The van der Waals surface area contributed by atoms with Gasteiger partial charge in [-0.05, 0) is 42.5 Å². The van der Waals surface area contributed by atoms with Crippen LogP contribution in [0.2, 0.25) is 0 Å². The number of hydrogen-bond acceptors (Lipinski definition) is 2. The quantitative estimate of drug-likeness (QED) is 0.884. The number of carbonyl (C=O) groups is 1. The molecule has 18 heavy (non-hydrogen) atoms. The molecule has 1 saturated carbocycles. The van der Waals surface area contributed by atoms with Crippen LogP contribution in [-0.4, -0.2) is 15.6 Å². The Morgan fingerprint density at radius 1 is 1.33 bits per heavy atom. The largest absolute Gasteiger partial charge is 0.477 e. The van der Waals surface area contributed by atoms with Gasteiger partial charge in [0.05, 0.1) is 0 Å². The minimum Gasteiger partial charge on any atom is -0.477 e. The third kappa shape index (κ3) is 1.59. The number of pyridine rings is 1. The number of fused-ring (bicyclic) bond motifs is 1. The van der Waals surface area contributed by atoms with Gasteiger partial charge in [-0.3, -0.25) is 9.36 Å². The van der Waals surface area contributed by atoms with Crippen LogP contribution in [0.5, 0.6) is 0 Å². The second-order valence-electron chi connectivity index (χ2n) is 4.47. The number of carboxylic acid groups (broad SMARTS) is 1. The van der Waals surface area contributed by atoms with Crippen molar-refractivity contribution in [1.29, 1.82) is 0 Å². The Balaban J connectivity index is 2.41. The van der Waals surface area contributed by atoms with Crippen LogP contribution in [0.15, 0.2) is 29.1 Å². The number of carboxylic acids is 1. The van der Waals surface area contributed by atoms with E-state index < -0.39 is 11.8 Å². The molecule has 3 rings (SSSR count). The molecule has 1 N–H and O–H groups in total. The van der Waals surface area contributed by atoms with E-state index in [-0.39, 0.29) is 17.3 Å². The number of rotatable bonds is 2. The number of hydrogen-bond donors (Lipinski definition) is 1. The van der Waals surface area contributed by atoms with Crippen molar-refractivity contribution in [3.05, 3.63) is 46.1 Å². The molecule has 0 atom stereocenters. The third-order valence-corrected chi connectivity index (χ3v) is 3.15. The topological polar surface area (TPSA) is 59.3 Å². The zero-order chi connectivity index (χ0) is 12.9. The van der Waals surface area contributed by atoms with Gasteiger partial charge in [-0.15, -0.1) is 0 Å². The van der Waals surface area contributed by atoms with Gasteiger partial charge in [0.2, 0.25) is 0 Å². The van der Waals surface area contributed by atoms with E-state index in [4.69, 9.17) is 5.11 Å². The molecule has 4 nitrogen and oxygen atoms in total. The Bertz CT molecular complexity index is 716. The van der Waals surface area contributed by atoms with E-state index in [1.54, 1.807) is 0 Å². The van der Waals surface area contributed by atoms with Crippen LogP contribution in [0, 0.1) is 5.82 Å². The molecule has 1 aliphatic carbocycles. The molecule has 1 fully saturated rings. The Hall–Kier alpha value is -2.17. The normalized spacial score (nSPS) is 14.9. The van der Waals surface area contributed by atoms with Crippen LogP contribution in [-0.2, 0) is 0 Å². The molecular weight excluding hydrogens is 237 g/mol. The molecule has 2 aromatic rings. The molecule has 1 aromatic heterocycles. The average molecular weight is 247 g/mol. The minimum atomic E-state index is -1.16. The first-order valence-electron chi connectivity index (χ1n) is 5.66. The first-order chi connectivity index (χ1) is 8.58. The molecule has 1 aliphatic rings. The summed E-state index contributed by atoms with van der Waals surface area (Å²) >= 11 is 0. The standard InChI is InChI=1S/C13H10FNO3/c14-8-1-4-10-7(5-8)6-11(13(17)18)15(12(10)16)9-2-3-9/h1,4-6,9H,2-3H2,(H,17,18). The summed E-state index contributed by atoms with van der Waals surface area (Å²) in [6, 6.07) is 5.12. The van der Waals surface area contributed by atoms with Crippen molar-refractivity contribution < 1.29 is 14.3 Å². The highest BCUT2D eigenvalue weighted by Gasteiger charge is 2.29. The summed E-state index contributed by atoms with van der Waals surface area (Å²) in [6.45, 7) is 0. The molecule has 0 radical (unpaired) electrons. The second-order valence-corrected chi connectivity index (χ2v) is 4.47. The molecule has 1 aromatic carbocycles. The van der Waals surface area contributed by atoms with Gasteiger partial charge in [-0.2, -0.15) is 0 Å². The van der Waals surface area contributed by atoms with Crippen LogP contribution in [0.4, 0.5) is 4.39 Å². The van der Waals surface area contributed by atoms with E-state index in [2.05, 4.69) is 0 Å². The number of benzene rings is 1. The van der Waals surface area contributed by atoms with Gasteiger partial charge >= 0.3 is 5.97 Å². The molecule has 92 valence electrons. The fourth-order valence-corrected chi connectivity index (χ4v) is 2.16. The molecular formula is C13H10FNO3. The fourth-order valence-electron chi connectivity index (χ4n) is 2.16. The highest BCUT2D eigenvalue weighted by Crippen LogP contribution is 2.35. The van der Waals surface area contributed by atoms with Crippen molar-refractivity contribution in [3.8, 4) is 0 Å². The predicted molar refractivity (Wildman–Crippen MR) is 63.4 cm³/mol. The van der Waals surface area contributed by atoms with Gasteiger partial charge < -0.3 is 5.11 Å². The van der Waals surface area contributed by atoms with Gasteiger partial charge in [0.15, 0.2) is 0 Å².